The van der Waals surface area contributed by atoms with Crippen molar-refractivity contribution in [2.24, 2.45) is 0 Å². The van der Waals surface area contributed by atoms with Crippen LogP contribution in [-0.2, 0) is 9.53 Å². The van der Waals surface area contributed by atoms with E-state index in [1.165, 1.54) is 0 Å². The number of hydrogen-bond acceptors (Lipinski definition) is 2. The summed E-state index contributed by atoms with van der Waals surface area (Å²) in [5.41, 5.74) is 3.07. The molecular weight excluding hydrogens is 255 g/mol. The average molecular weight is 270 g/mol. The van der Waals surface area contributed by atoms with Gasteiger partial charge in [-0.25, -0.2) is 4.79 Å². The fourth-order valence-corrected chi connectivity index (χ4v) is 1.91. The van der Waals surface area contributed by atoms with E-state index >= 15 is 0 Å². The van der Waals surface area contributed by atoms with Crippen LogP contribution in [0.4, 0.5) is 4.39 Å². The van der Waals surface area contributed by atoms with Gasteiger partial charge in [0.1, 0.15) is 0 Å². The lowest BCUT2D eigenvalue weighted by atomic mass is 10.0. The SMILES string of the molecule is COC(=O)/C(F)=C(\C)c1ccc(-c2ccccc2)cc1. The average Bonchev–Trinajstić information content (AvgIpc) is 2.53. The molecule has 2 aromatic carbocycles. The van der Waals surface area contributed by atoms with E-state index < -0.39 is 11.8 Å². The minimum atomic E-state index is -0.949. The lowest BCUT2D eigenvalue weighted by molar-refractivity contribution is -0.137. The molecule has 0 aliphatic carbocycles. The van der Waals surface area contributed by atoms with Gasteiger partial charge in [-0.05, 0) is 29.2 Å². The van der Waals surface area contributed by atoms with Crippen molar-refractivity contribution in [3.8, 4) is 11.1 Å². The topological polar surface area (TPSA) is 26.3 Å². The quantitative estimate of drug-likeness (QED) is 0.616. The number of allylic oxidation sites excluding steroid dienone is 1. The van der Waals surface area contributed by atoms with Gasteiger partial charge in [0.25, 0.3) is 0 Å². The zero-order chi connectivity index (χ0) is 14.5. The second-order valence-corrected chi connectivity index (χ2v) is 4.37. The number of carbonyl (C=O) groups is 1. The number of hydrogen-bond donors (Lipinski definition) is 0. The summed E-state index contributed by atoms with van der Waals surface area (Å²) in [4.78, 5) is 11.2. The Morgan fingerprint density at radius 3 is 2.05 bits per heavy atom. The van der Waals surface area contributed by atoms with Gasteiger partial charge in [0.15, 0.2) is 0 Å². The van der Waals surface area contributed by atoms with Crippen LogP contribution in [0, 0.1) is 0 Å². The van der Waals surface area contributed by atoms with Crippen LogP contribution < -0.4 is 0 Å². The lowest BCUT2D eigenvalue weighted by Gasteiger charge is -2.06. The van der Waals surface area contributed by atoms with E-state index in [-0.39, 0.29) is 5.57 Å². The predicted molar refractivity (Wildman–Crippen MR) is 77.6 cm³/mol. The molecule has 0 spiro atoms. The van der Waals surface area contributed by atoms with Crippen LogP contribution in [0.5, 0.6) is 0 Å². The van der Waals surface area contributed by atoms with E-state index in [0.717, 1.165) is 18.2 Å². The number of methoxy groups -OCH3 is 1. The van der Waals surface area contributed by atoms with Crippen LogP contribution >= 0.6 is 0 Å². The van der Waals surface area contributed by atoms with Crippen LogP contribution in [0.1, 0.15) is 12.5 Å². The van der Waals surface area contributed by atoms with Crippen molar-refractivity contribution in [1.82, 2.24) is 0 Å². The van der Waals surface area contributed by atoms with Crippen LogP contribution in [-0.4, -0.2) is 13.1 Å². The zero-order valence-electron chi connectivity index (χ0n) is 11.4. The van der Waals surface area contributed by atoms with Gasteiger partial charge >= 0.3 is 5.97 Å². The standard InChI is InChI=1S/C17H15FO2/c1-12(16(18)17(19)20-2)13-8-10-15(11-9-13)14-6-4-3-5-7-14/h3-11H,1-2H3/b16-12-. The molecule has 0 atom stereocenters. The second-order valence-electron chi connectivity index (χ2n) is 4.37. The molecule has 2 aromatic rings. The van der Waals surface area contributed by atoms with Gasteiger partial charge in [-0.1, -0.05) is 54.6 Å². The monoisotopic (exact) mass is 270 g/mol. The van der Waals surface area contributed by atoms with Crippen LogP contribution in [0.3, 0.4) is 0 Å². The van der Waals surface area contributed by atoms with E-state index in [9.17, 15) is 9.18 Å². The largest absolute Gasteiger partial charge is 0.464 e. The van der Waals surface area contributed by atoms with E-state index in [1.807, 2.05) is 42.5 Å². The van der Waals surface area contributed by atoms with E-state index in [1.54, 1.807) is 19.1 Å². The first-order chi connectivity index (χ1) is 9.63. The number of benzene rings is 2. The van der Waals surface area contributed by atoms with Crippen molar-refractivity contribution in [3.63, 3.8) is 0 Å². The Hall–Kier alpha value is -2.42. The summed E-state index contributed by atoms with van der Waals surface area (Å²) in [6.45, 7) is 1.56. The highest BCUT2D eigenvalue weighted by Crippen LogP contribution is 2.24. The van der Waals surface area contributed by atoms with Crippen molar-refractivity contribution in [2.75, 3.05) is 7.11 Å². The van der Waals surface area contributed by atoms with Crippen LogP contribution in [0.15, 0.2) is 60.4 Å². The molecule has 3 heteroatoms. The molecular formula is C17H15FO2. The predicted octanol–water partition coefficient (Wildman–Crippen LogP) is 4.23. The van der Waals surface area contributed by atoms with Crippen LogP contribution in [0.2, 0.25) is 0 Å². The van der Waals surface area contributed by atoms with Crippen molar-refractivity contribution in [2.45, 2.75) is 6.92 Å². The summed E-state index contributed by atoms with van der Waals surface area (Å²) < 4.78 is 18.1. The number of carbonyl (C=O) groups excluding carboxylic acids is 1. The molecule has 0 aromatic heterocycles. The van der Waals surface area contributed by atoms with Crippen molar-refractivity contribution in [3.05, 3.63) is 66.0 Å². The maximum Gasteiger partial charge on any atom is 0.367 e. The molecule has 0 radical (unpaired) electrons. The first-order valence-electron chi connectivity index (χ1n) is 6.24. The van der Waals surface area contributed by atoms with Crippen LogP contribution in [0.25, 0.3) is 16.7 Å². The highest BCUT2D eigenvalue weighted by atomic mass is 19.1. The summed E-state index contributed by atoms with van der Waals surface area (Å²) in [7, 11) is 1.16. The fraction of sp³-hybridized carbons (Fsp3) is 0.118. The number of esters is 1. The van der Waals surface area contributed by atoms with E-state index in [0.29, 0.717) is 5.56 Å². The Balaban J connectivity index is 2.32. The highest BCUT2D eigenvalue weighted by Gasteiger charge is 2.13. The highest BCUT2D eigenvalue weighted by molar-refractivity contribution is 5.94. The third-order valence-corrected chi connectivity index (χ3v) is 3.12. The van der Waals surface area contributed by atoms with Gasteiger partial charge in [-0.3, -0.25) is 0 Å². The molecule has 0 N–H and O–H groups in total. The van der Waals surface area contributed by atoms with Crippen molar-refractivity contribution >= 4 is 11.5 Å². The van der Waals surface area contributed by atoms with Crippen molar-refractivity contribution < 1.29 is 13.9 Å². The summed E-state index contributed by atoms with van der Waals surface area (Å²) >= 11 is 0. The molecule has 0 unspecified atom stereocenters. The molecule has 0 aliphatic rings. The van der Waals surface area contributed by atoms with E-state index in [4.69, 9.17) is 0 Å². The molecule has 0 fully saturated rings. The van der Waals surface area contributed by atoms with Gasteiger partial charge in [-0.2, -0.15) is 4.39 Å². The Morgan fingerprint density at radius 1 is 0.950 bits per heavy atom. The number of rotatable bonds is 3. The molecule has 0 bridgehead atoms. The fourth-order valence-electron chi connectivity index (χ4n) is 1.91. The Morgan fingerprint density at radius 2 is 1.50 bits per heavy atom. The third-order valence-electron chi connectivity index (χ3n) is 3.12. The van der Waals surface area contributed by atoms with Gasteiger partial charge < -0.3 is 4.74 Å². The summed E-state index contributed by atoms with van der Waals surface area (Å²) in [6, 6.07) is 17.3. The summed E-state index contributed by atoms with van der Waals surface area (Å²) in [5.74, 6) is -1.81. The minimum Gasteiger partial charge on any atom is -0.464 e. The lowest BCUT2D eigenvalue weighted by Crippen LogP contribution is -2.02. The molecule has 0 saturated heterocycles. The smallest absolute Gasteiger partial charge is 0.367 e. The first kappa shape index (κ1) is 14.0. The Labute approximate surface area is 117 Å². The molecule has 2 rings (SSSR count). The van der Waals surface area contributed by atoms with Gasteiger partial charge in [0.2, 0.25) is 5.83 Å². The summed E-state index contributed by atoms with van der Waals surface area (Å²) in [5, 5.41) is 0. The molecule has 0 amide bonds. The van der Waals surface area contributed by atoms with Crippen molar-refractivity contribution in [1.29, 1.82) is 0 Å². The van der Waals surface area contributed by atoms with Gasteiger partial charge in [0, 0.05) is 0 Å². The maximum atomic E-state index is 13.7. The summed E-state index contributed by atoms with van der Waals surface area (Å²) in [6.07, 6.45) is 0. The maximum absolute atomic E-state index is 13.7. The Bertz CT molecular complexity index is 628. The van der Waals surface area contributed by atoms with Gasteiger partial charge in [0.05, 0.1) is 7.11 Å². The number of halogens is 1. The van der Waals surface area contributed by atoms with E-state index in [2.05, 4.69) is 4.74 Å². The van der Waals surface area contributed by atoms with Gasteiger partial charge in [-0.15, -0.1) is 0 Å². The molecule has 2 nitrogen and oxygen atoms in total. The second kappa shape index (κ2) is 6.15. The normalized spacial score (nSPS) is 11.8. The Kier molecular flexibility index (Phi) is 4.31. The molecule has 20 heavy (non-hydrogen) atoms. The first-order valence-corrected chi connectivity index (χ1v) is 6.24. The molecule has 0 saturated carbocycles. The minimum absolute atomic E-state index is 0.275. The number of ether oxygens (including phenoxy) is 1. The zero-order valence-corrected chi connectivity index (χ0v) is 11.4. The molecule has 0 aliphatic heterocycles. The molecule has 102 valence electrons. The molecule has 0 heterocycles. The third kappa shape index (κ3) is 2.94.